The molecule has 5 aromatic rings. The van der Waals surface area contributed by atoms with Crippen LogP contribution in [0.2, 0.25) is 5.02 Å². The third-order valence-electron chi connectivity index (χ3n) is 7.67. The highest BCUT2D eigenvalue weighted by Crippen LogP contribution is 2.36. The molecule has 0 radical (unpaired) electrons. The number of rotatable bonds is 11. The van der Waals surface area contributed by atoms with Crippen molar-refractivity contribution in [3.8, 4) is 17.2 Å². The summed E-state index contributed by atoms with van der Waals surface area (Å²) in [4.78, 5) is 33.6. The molecular formula is C38H33ClN2O6S. The van der Waals surface area contributed by atoms with Crippen molar-refractivity contribution >= 4 is 40.7 Å². The zero-order valence-corrected chi connectivity index (χ0v) is 28.2. The molecule has 1 atom stereocenters. The van der Waals surface area contributed by atoms with Gasteiger partial charge in [-0.05, 0) is 61.4 Å². The molecule has 0 bridgehead atoms. The predicted octanol–water partition coefficient (Wildman–Crippen LogP) is 6.58. The smallest absolute Gasteiger partial charge is 0.338 e. The van der Waals surface area contributed by atoms with Crippen molar-refractivity contribution in [3.05, 3.63) is 150 Å². The summed E-state index contributed by atoms with van der Waals surface area (Å²) in [6.45, 7) is 4.58. The molecule has 8 nitrogen and oxygen atoms in total. The molecule has 1 aromatic heterocycles. The number of carbonyl (C=O) groups is 1. The molecule has 4 aromatic carbocycles. The molecule has 1 aliphatic rings. The van der Waals surface area contributed by atoms with Crippen LogP contribution in [-0.2, 0) is 16.1 Å². The number of esters is 1. The average molecular weight is 681 g/mol. The van der Waals surface area contributed by atoms with Crippen molar-refractivity contribution in [1.29, 1.82) is 0 Å². The molecular weight excluding hydrogens is 648 g/mol. The minimum absolute atomic E-state index is 0.165. The molecule has 0 fully saturated rings. The number of ether oxygens (including phenoxy) is 4. The molecule has 2 heterocycles. The van der Waals surface area contributed by atoms with Gasteiger partial charge in [0.2, 0.25) is 0 Å². The standard InChI is InChI=1S/C38H33ClN2O6S/c1-4-45-29-19-17-26(18-20-29)34-32(37(43)46-5-2)33(25-12-7-6-8-13-25)40-38-41(34)36(42)31(48-38)22-27-14-10-16-30(44-3)35(27)47-23-24-11-9-15-28(39)21-24/h6-22,34H,4-5,23H2,1-3H3/b31-22-/t34-/m1/s1. The van der Waals surface area contributed by atoms with E-state index in [2.05, 4.69) is 0 Å². The van der Waals surface area contributed by atoms with E-state index < -0.39 is 12.0 Å². The molecule has 0 N–H and O–H groups in total. The Morgan fingerprint density at radius 2 is 1.71 bits per heavy atom. The lowest BCUT2D eigenvalue weighted by atomic mass is 9.93. The fourth-order valence-corrected chi connectivity index (χ4v) is 6.76. The van der Waals surface area contributed by atoms with Gasteiger partial charge in [0.05, 0.1) is 42.2 Å². The van der Waals surface area contributed by atoms with Crippen molar-refractivity contribution in [3.63, 3.8) is 0 Å². The van der Waals surface area contributed by atoms with Gasteiger partial charge in [0, 0.05) is 16.1 Å². The Labute approximate surface area is 286 Å². The second kappa shape index (κ2) is 14.8. The fourth-order valence-electron chi connectivity index (χ4n) is 5.55. The van der Waals surface area contributed by atoms with Gasteiger partial charge in [0.15, 0.2) is 16.3 Å². The quantitative estimate of drug-likeness (QED) is 0.147. The largest absolute Gasteiger partial charge is 0.494 e. The summed E-state index contributed by atoms with van der Waals surface area (Å²) >= 11 is 7.43. The minimum Gasteiger partial charge on any atom is -0.494 e. The summed E-state index contributed by atoms with van der Waals surface area (Å²) in [6, 6.07) is 29.0. The molecule has 0 aliphatic carbocycles. The van der Waals surface area contributed by atoms with E-state index in [9.17, 15) is 9.59 Å². The Bertz CT molecular complexity index is 2160. The second-order valence-corrected chi connectivity index (χ2v) is 12.2. The number of hydrogen-bond acceptors (Lipinski definition) is 8. The molecule has 48 heavy (non-hydrogen) atoms. The van der Waals surface area contributed by atoms with Crippen molar-refractivity contribution in [1.82, 2.24) is 4.57 Å². The first kappa shape index (κ1) is 32.8. The number of methoxy groups -OCH3 is 1. The highest BCUT2D eigenvalue weighted by atomic mass is 35.5. The average Bonchev–Trinajstić information content (AvgIpc) is 3.41. The lowest BCUT2D eigenvalue weighted by molar-refractivity contribution is -0.138. The number of para-hydroxylation sites is 1. The normalized spacial score (nSPS) is 14.2. The van der Waals surface area contributed by atoms with E-state index in [1.54, 1.807) is 36.8 Å². The predicted molar refractivity (Wildman–Crippen MR) is 187 cm³/mol. The molecule has 0 saturated carbocycles. The van der Waals surface area contributed by atoms with Crippen LogP contribution in [-0.4, -0.2) is 30.9 Å². The minimum atomic E-state index is -0.808. The molecule has 6 rings (SSSR count). The first-order valence-corrected chi connectivity index (χ1v) is 16.7. The van der Waals surface area contributed by atoms with Crippen LogP contribution in [0.5, 0.6) is 17.2 Å². The lowest BCUT2D eigenvalue weighted by Gasteiger charge is -2.26. The first-order chi connectivity index (χ1) is 23.4. The Morgan fingerprint density at radius 1 is 0.938 bits per heavy atom. The Kier molecular flexibility index (Phi) is 10.1. The lowest BCUT2D eigenvalue weighted by Crippen LogP contribution is -2.40. The third-order valence-corrected chi connectivity index (χ3v) is 8.89. The van der Waals surface area contributed by atoms with Crippen molar-refractivity contribution in [2.75, 3.05) is 20.3 Å². The van der Waals surface area contributed by atoms with E-state index in [0.717, 1.165) is 11.1 Å². The fraction of sp³-hybridized carbons (Fsp3) is 0.184. The summed E-state index contributed by atoms with van der Waals surface area (Å²) in [7, 11) is 1.57. The van der Waals surface area contributed by atoms with Crippen LogP contribution in [0.4, 0.5) is 0 Å². The molecule has 0 spiro atoms. The Morgan fingerprint density at radius 3 is 2.42 bits per heavy atom. The number of nitrogens with zero attached hydrogens (tertiary/aromatic N) is 2. The SMILES string of the molecule is CCOC(=O)C1=C(c2ccccc2)N=c2s/c(=C\c3cccc(OC)c3OCc3cccc(Cl)c3)c(=O)n2[C@@H]1c1ccc(OCC)cc1. The summed E-state index contributed by atoms with van der Waals surface area (Å²) in [5.74, 6) is 1.13. The second-order valence-electron chi connectivity index (χ2n) is 10.7. The van der Waals surface area contributed by atoms with Crippen LogP contribution in [0.25, 0.3) is 11.8 Å². The maximum absolute atomic E-state index is 14.4. The summed E-state index contributed by atoms with van der Waals surface area (Å²) in [5.41, 5.74) is 3.39. The van der Waals surface area contributed by atoms with Gasteiger partial charge in [0.1, 0.15) is 12.4 Å². The monoisotopic (exact) mass is 680 g/mol. The number of thiazole rings is 1. The summed E-state index contributed by atoms with van der Waals surface area (Å²) in [5, 5.41) is 0.608. The van der Waals surface area contributed by atoms with Crippen molar-refractivity contribution < 1.29 is 23.7 Å². The van der Waals surface area contributed by atoms with Gasteiger partial charge < -0.3 is 18.9 Å². The topological polar surface area (TPSA) is 88.4 Å². The van der Waals surface area contributed by atoms with Crippen LogP contribution in [0.15, 0.2) is 112 Å². The van der Waals surface area contributed by atoms with Gasteiger partial charge in [-0.1, -0.05) is 89.7 Å². The highest BCUT2D eigenvalue weighted by Gasteiger charge is 2.35. The molecule has 1 aliphatic heterocycles. The van der Waals surface area contributed by atoms with Gasteiger partial charge in [-0.3, -0.25) is 9.36 Å². The number of carbonyl (C=O) groups excluding carboxylic acids is 1. The van der Waals surface area contributed by atoms with E-state index in [1.807, 2.05) is 91.9 Å². The molecule has 0 saturated heterocycles. The van der Waals surface area contributed by atoms with E-state index >= 15 is 0 Å². The first-order valence-electron chi connectivity index (χ1n) is 15.5. The van der Waals surface area contributed by atoms with E-state index in [-0.39, 0.29) is 24.3 Å². The van der Waals surface area contributed by atoms with Crippen LogP contribution in [0.1, 0.15) is 42.1 Å². The van der Waals surface area contributed by atoms with Gasteiger partial charge in [-0.25, -0.2) is 9.79 Å². The molecule has 0 amide bonds. The van der Waals surface area contributed by atoms with Crippen LogP contribution >= 0.6 is 22.9 Å². The highest BCUT2D eigenvalue weighted by molar-refractivity contribution is 7.07. The maximum atomic E-state index is 14.4. The van der Waals surface area contributed by atoms with Gasteiger partial charge >= 0.3 is 5.97 Å². The Balaban J connectivity index is 1.54. The molecule has 10 heteroatoms. The zero-order valence-electron chi connectivity index (χ0n) is 26.6. The number of fused-ring (bicyclic) bond motifs is 1. The van der Waals surface area contributed by atoms with Crippen molar-refractivity contribution in [2.45, 2.75) is 26.5 Å². The van der Waals surface area contributed by atoms with Gasteiger partial charge in [-0.2, -0.15) is 0 Å². The van der Waals surface area contributed by atoms with Crippen LogP contribution in [0.3, 0.4) is 0 Å². The number of aromatic nitrogens is 1. The number of halogens is 1. The maximum Gasteiger partial charge on any atom is 0.338 e. The summed E-state index contributed by atoms with van der Waals surface area (Å²) in [6.07, 6.45) is 1.77. The van der Waals surface area contributed by atoms with Crippen molar-refractivity contribution in [2.24, 2.45) is 4.99 Å². The Hall–Kier alpha value is -5.12. The van der Waals surface area contributed by atoms with E-state index in [1.165, 1.54) is 11.3 Å². The summed E-state index contributed by atoms with van der Waals surface area (Å²) < 4.78 is 25.1. The van der Waals surface area contributed by atoms with E-state index in [4.69, 9.17) is 35.5 Å². The number of benzene rings is 4. The molecule has 244 valence electrons. The number of hydrogen-bond donors (Lipinski definition) is 0. The van der Waals surface area contributed by atoms with E-state index in [0.29, 0.717) is 55.0 Å². The zero-order chi connectivity index (χ0) is 33.6. The molecule has 0 unspecified atom stereocenters. The van der Waals surface area contributed by atoms with Crippen LogP contribution in [0, 0.1) is 0 Å². The van der Waals surface area contributed by atoms with Crippen LogP contribution < -0.4 is 29.1 Å². The third kappa shape index (κ3) is 6.79. The van der Waals surface area contributed by atoms with Gasteiger partial charge in [0.25, 0.3) is 5.56 Å². The van der Waals surface area contributed by atoms with Gasteiger partial charge in [-0.15, -0.1) is 0 Å².